The molecule has 2 aromatic carbocycles. The molecule has 37 heavy (non-hydrogen) atoms. The van der Waals surface area contributed by atoms with Gasteiger partial charge in [-0.1, -0.05) is 42.3 Å². The Morgan fingerprint density at radius 2 is 1.86 bits per heavy atom. The van der Waals surface area contributed by atoms with Gasteiger partial charge in [-0.05, 0) is 91.5 Å². The molecule has 1 saturated carbocycles. The molecule has 3 aliphatic rings. The van der Waals surface area contributed by atoms with Crippen LogP contribution in [0.4, 0.5) is 8.78 Å². The van der Waals surface area contributed by atoms with Crippen molar-refractivity contribution in [2.24, 2.45) is 11.8 Å². The monoisotopic (exact) mass is 526 g/mol. The molecular weight excluding hydrogens is 494 g/mol. The second-order valence-electron chi connectivity index (χ2n) is 10.3. The Labute approximate surface area is 222 Å². The molecule has 196 valence electrons. The molecule has 5 rings (SSSR count). The van der Waals surface area contributed by atoms with Crippen LogP contribution in [-0.2, 0) is 0 Å². The third-order valence-corrected chi connectivity index (χ3v) is 8.12. The summed E-state index contributed by atoms with van der Waals surface area (Å²) in [7, 11) is 0. The first-order valence-electron chi connectivity index (χ1n) is 13.2. The molecule has 0 bridgehead atoms. The van der Waals surface area contributed by atoms with Gasteiger partial charge in [0.2, 0.25) is 0 Å². The van der Waals surface area contributed by atoms with Crippen LogP contribution in [0.25, 0.3) is 5.57 Å². The number of phenolic OH excluding ortho intramolecular Hbond substituents is 1. The Balaban J connectivity index is 1.29. The summed E-state index contributed by atoms with van der Waals surface area (Å²) in [6, 6.07) is 11.2. The van der Waals surface area contributed by atoms with Crippen LogP contribution in [0.5, 0.6) is 17.2 Å². The van der Waals surface area contributed by atoms with E-state index in [1.54, 1.807) is 18.2 Å². The highest BCUT2D eigenvalue weighted by atomic mass is 35.5. The first-order valence-corrected chi connectivity index (χ1v) is 13.5. The number of alkyl halides is 2. The van der Waals surface area contributed by atoms with Crippen molar-refractivity contribution < 1.29 is 23.4 Å². The minimum Gasteiger partial charge on any atom is -0.506 e. The lowest BCUT2D eigenvalue weighted by atomic mass is 9.73. The number of allylic oxidation sites excluding steroid dienone is 4. The molecule has 6 heteroatoms. The third kappa shape index (κ3) is 5.57. The number of halogens is 3. The molecule has 1 fully saturated rings. The minimum atomic E-state index is -0.996. The van der Waals surface area contributed by atoms with Crippen LogP contribution < -0.4 is 9.47 Å². The maximum absolute atomic E-state index is 13.8. The van der Waals surface area contributed by atoms with Crippen LogP contribution in [0.3, 0.4) is 0 Å². The molecule has 1 aliphatic heterocycles. The predicted octanol–water partition coefficient (Wildman–Crippen LogP) is 8.72. The zero-order valence-electron chi connectivity index (χ0n) is 21.1. The minimum absolute atomic E-state index is 0.00343. The summed E-state index contributed by atoms with van der Waals surface area (Å²) in [5, 5.41) is 10.4. The molecule has 2 unspecified atom stereocenters. The van der Waals surface area contributed by atoms with Gasteiger partial charge in [0.05, 0.1) is 18.3 Å². The summed E-state index contributed by atoms with van der Waals surface area (Å²) in [5.74, 6) is 2.39. The molecule has 2 atom stereocenters. The van der Waals surface area contributed by atoms with Gasteiger partial charge in [0, 0.05) is 17.6 Å². The van der Waals surface area contributed by atoms with Crippen LogP contribution >= 0.6 is 11.6 Å². The highest BCUT2D eigenvalue weighted by molar-refractivity contribution is 6.34. The molecule has 1 heterocycles. The van der Waals surface area contributed by atoms with Crippen molar-refractivity contribution in [1.29, 1.82) is 0 Å². The average molecular weight is 527 g/mol. The van der Waals surface area contributed by atoms with E-state index in [-0.39, 0.29) is 17.4 Å². The number of rotatable bonds is 9. The van der Waals surface area contributed by atoms with E-state index in [0.29, 0.717) is 36.2 Å². The van der Waals surface area contributed by atoms with Crippen molar-refractivity contribution in [3.8, 4) is 17.2 Å². The molecule has 1 N–H and O–H groups in total. The number of ether oxygens (including phenoxy) is 2. The first-order chi connectivity index (χ1) is 17.9. The van der Waals surface area contributed by atoms with Crippen molar-refractivity contribution >= 4 is 17.2 Å². The Kier molecular flexibility index (Phi) is 7.89. The lowest BCUT2D eigenvalue weighted by Crippen LogP contribution is -2.25. The molecule has 0 radical (unpaired) electrons. The summed E-state index contributed by atoms with van der Waals surface area (Å²) < 4.78 is 38.8. The second kappa shape index (κ2) is 11.3. The topological polar surface area (TPSA) is 38.7 Å². The number of aromatic hydroxyl groups is 1. The van der Waals surface area contributed by atoms with E-state index in [9.17, 15) is 13.9 Å². The molecule has 2 aromatic rings. The number of fused-ring (bicyclic) bond motifs is 1. The summed E-state index contributed by atoms with van der Waals surface area (Å²) in [5.41, 5.74) is 4.30. The second-order valence-corrected chi connectivity index (χ2v) is 10.7. The summed E-state index contributed by atoms with van der Waals surface area (Å²) in [6.45, 7) is 2.44. The maximum Gasteiger partial charge on any atom is 0.150 e. The quantitative estimate of drug-likeness (QED) is 0.332. The highest BCUT2D eigenvalue weighted by Gasteiger charge is 2.32. The van der Waals surface area contributed by atoms with E-state index in [2.05, 4.69) is 0 Å². The van der Waals surface area contributed by atoms with Gasteiger partial charge < -0.3 is 14.6 Å². The highest BCUT2D eigenvalue weighted by Crippen LogP contribution is 2.50. The largest absolute Gasteiger partial charge is 0.506 e. The number of phenols is 1. The molecule has 3 nitrogen and oxygen atoms in total. The maximum atomic E-state index is 13.8. The van der Waals surface area contributed by atoms with E-state index < -0.39 is 12.3 Å². The van der Waals surface area contributed by atoms with Gasteiger partial charge in [0.1, 0.15) is 29.5 Å². The van der Waals surface area contributed by atoms with E-state index in [4.69, 9.17) is 21.1 Å². The van der Waals surface area contributed by atoms with Gasteiger partial charge in [-0.25, -0.2) is 4.39 Å². The normalized spacial score (nSPS) is 24.7. The van der Waals surface area contributed by atoms with E-state index in [0.717, 1.165) is 60.1 Å². The number of hydrogen-bond acceptors (Lipinski definition) is 3. The fraction of sp³-hybridized carbons (Fsp3) is 0.419. The number of unbranched alkanes of at least 4 members (excludes halogenated alkanes) is 1. The lowest BCUT2D eigenvalue weighted by molar-refractivity contribution is 0.142. The van der Waals surface area contributed by atoms with Crippen molar-refractivity contribution in [2.45, 2.75) is 57.7 Å². The third-order valence-electron chi connectivity index (χ3n) is 7.74. The number of benzene rings is 2. The summed E-state index contributed by atoms with van der Waals surface area (Å²) in [6.07, 6.45) is 9.46. The molecule has 0 saturated heterocycles. The van der Waals surface area contributed by atoms with Gasteiger partial charge >= 0.3 is 0 Å². The Bertz CT molecular complexity index is 1210. The molecule has 2 aliphatic carbocycles. The van der Waals surface area contributed by atoms with Crippen LogP contribution in [0.2, 0.25) is 5.02 Å². The molecule has 0 aromatic heterocycles. The fourth-order valence-corrected chi connectivity index (χ4v) is 5.91. The van der Waals surface area contributed by atoms with Crippen LogP contribution in [0.1, 0.15) is 62.7 Å². The number of hydrogen-bond donors (Lipinski definition) is 1. The van der Waals surface area contributed by atoms with Gasteiger partial charge in [-0.2, -0.15) is 0 Å². The predicted molar refractivity (Wildman–Crippen MR) is 144 cm³/mol. The Morgan fingerprint density at radius 1 is 1.08 bits per heavy atom. The SMILES string of the molecule is CC1=C(C2=CCC(F)C=C2)C(c2ccc(OCCCCC3CC(CF)C3)cc2)Oc2ccc(O)c(Cl)c21. The van der Waals surface area contributed by atoms with Crippen LogP contribution in [0.15, 0.2) is 65.8 Å². The van der Waals surface area contributed by atoms with Crippen LogP contribution in [0, 0.1) is 11.8 Å². The van der Waals surface area contributed by atoms with E-state index >= 15 is 0 Å². The van der Waals surface area contributed by atoms with Crippen molar-refractivity contribution in [1.82, 2.24) is 0 Å². The van der Waals surface area contributed by atoms with Gasteiger partial charge in [-0.15, -0.1) is 0 Å². The van der Waals surface area contributed by atoms with Gasteiger partial charge in [0.25, 0.3) is 0 Å². The zero-order chi connectivity index (χ0) is 25.9. The molecular formula is C31H33ClF2O3. The standard InChI is InChI=1S/C31H33ClF2O3/c1-19-28(22-5-9-24(34)10-6-22)31(37-27-14-13-26(35)30(32)29(19)27)23-7-11-25(12-8-23)36-15-3-2-4-20-16-21(17-20)18-33/h5-9,11-14,20-21,24,31,35H,2-4,10,15-18H2,1H3. The smallest absolute Gasteiger partial charge is 0.150 e. The average Bonchev–Trinajstić information content (AvgIpc) is 2.88. The van der Waals surface area contributed by atoms with Crippen molar-refractivity contribution in [2.75, 3.05) is 13.3 Å². The Hall–Kier alpha value is -2.79. The zero-order valence-corrected chi connectivity index (χ0v) is 21.8. The van der Waals surface area contributed by atoms with Crippen LogP contribution in [-0.4, -0.2) is 24.6 Å². The lowest BCUT2D eigenvalue weighted by Gasteiger charge is -2.33. The van der Waals surface area contributed by atoms with E-state index in [1.807, 2.05) is 37.3 Å². The van der Waals surface area contributed by atoms with Gasteiger partial charge in [0.15, 0.2) is 0 Å². The summed E-state index contributed by atoms with van der Waals surface area (Å²) >= 11 is 6.47. The van der Waals surface area contributed by atoms with Crippen molar-refractivity contribution in [3.63, 3.8) is 0 Å². The van der Waals surface area contributed by atoms with Gasteiger partial charge in [-0.3, -0.25) is 4.39 Å². The van der Waals surface area contributed by atoms with Crippen molar-refractivity contribution in [3.05, 3.63) is 81.9 Å². The molecule has 0 amide bonds. The molecule has 0 spiro atoms. The fourth-order valence-electron chi connectivity index (χ4n) is 5.61. The van der Waals surface area contributed by atoms with E-state index in [1.165, 1.54) is 6.07 Å². The summed E-state index contributed by atoms with van der Waals surface area (Å²) in [4.78, 5) is 0. The first kappa shape index (κ1) is 25.8. The Morgan fingerprint density at radius 3 is 2.57 bits per heavy atom.